The molecular weight excluding hydrogens is 997 g/mol. The third-order valence-electron chi connectivity index (χ3n) is 15.1. The second kappa shape index (κ2) is 28.6. The molecule has 15 atom stereocenters. The summed E-state index contributed by atoms with van der Waals surface area (Å²) in [5, 5.41) is 23.5. The van der Waals surface area contributed by atoms with E-state index < -0.39 is 77.8 Å². The largest absolute Gasteiger partial charge is 0.460 e. The number of ether oxygens (including phenoxy) is 6. The van der Waals surface area contributed by atoms with Crippen molar-refractivity contribution in [2.75, 3.05) is 38.9 Å². The zero-order valence-electron chi connectivity index (χ0n) is 43.1. The smallest absolute Gasteiger partial charge is 0.329 e. The van der Waals surface area contributed by atoms with Crippen molar-refractivity contribution in [3.8, 4) is 0 Å². The summed E-state index contributed by atoms with van der Waals surface area (Å²) in [6.45, 7) is 13.6. The Kier molecular flexibility index (Phi) is 24.4. The Balaban J connectivity index is 1.69. The number of fused-ring (bicyclic) bond motifs is 3. The summed E-state index contributed by atoms with van der Waals surface area (Å²) in [4.78, 5) is 72.3. The molecule has 1 saturated carbocycles. The average Bonchev–Trinajstić information content (AvgIpc) is 3.33. The van der Waals surface area contributed by atoms with E-state index in [0.29, 0.717) is 57.1 Å². The van der Waals surface area contributed by atoms with Crippen molar-refractivity contribution in [3.05, 3.63) is 47.6 Å². The van der Waals surface area contributed by atoms with Crippen LogP contribution in [0.3, 0.4) is 0 Å². The molecule has 2 unspecified atom stereocenters. The second-order valence-corrected chi connectivity index (χ2v) is 21.6. The molecule has 0 aromatic carbocycles. The molecule has 390 valence electrons. The second-order valence-electron chi connectivity index (χ2n) is 20.5. The molecule has 1 amide bonds. The lowest BCUT2D eigenvalue weighted by atomic mass is 9.78. The number of cyclic esters (lactones) is 1. The minimum Gasteiger partial charge on any atom is -0.460 e. The summed E-state index contributed by atoms with van der Waals surface area (Å²) in [7, 11) is 4.67. The molecule has 69 heavy (non-hydrogen) atoms. The van der Waals surface area contributed by atoms with Gasteiger partial charge in [0.25, 0.3) is 11.7 Å². The topological polar surface area (TPSA) is 184 Å². The fourth-order valence-electron chi connectivity index (χ4n) is 10.6. The van der Waals surface area contributed by atoms with Crippen molar-refractivity contribution in [1.29, 1.82) is 0 Å². The van der Waals surface area contributed by atoms with Crippen molar-refractivity contribution in [2.24, 2.45) is 35.5 Å². The minimum absolute atomic E-state index is 0.0166. The van der Waals surface area contributed by atoms with Gasteiger partial charge in [-0.25, -0.2) is 4.79 Å². The molecule has 2 saturated heterocycles. The molecule has 3 aliphatic heterocycles. The molecule has 3 fully saturated rings. The number of allylic oxidation sites excluding steroid dienone is 6. The lowest BCUT2D eigenvalue weighted by molar-refractivity contribution is -0.265. The maximum Gasteiger partial charge on any atom is 0.329 e. The van der Waals surface area contributed by atoms with Crippen LogP contribution >= 0.6 is 22.6 Å². The molecule has 15 heteroatoms. The molecule has 0 aromatic rings. The van der Waals surface area contributed by atoms with Gasteiger partial charge in [-0.1, -0.05) is 93.7 Å². The highest BCUT2D eigenvalue weighted by molar-refractivity contribution is 14.1. The number of ketones is 3. The maximum absolute atomic E-state index is 14.5. The molecular formula is C54H84INO13. The van der Waals surface area contributed by atoms with Gasteiger partial charge in [0.1, 0.15) is 30.1 Å². The number of esters is 1. The Morgan fingerprint density at radius 2 is 1.61 bits per heavy atom. The van der Waals surface area contributed by atoms with Gasteiger partial charge in [0.05, 0.1) is 24.4 Å². The number of amides is 1. The van der Waals surface area contributed by atoms with Gasteiger partial charge < -0.3 is 43.5 Å². The van der Waals surface area contributed by atoms with Crippen molar-refractivity contribution in [2.45, 2.75) is 186 Å². The van der Waals surface area contributed by atoms with E-state index in [1.807, 2.05) is 58.1 Å². The van der Waals surface area contributed by atoms with E-state index in [4.69, 9.17) is 28.4 Å². The predicted molar refractivity (Wildman–Crippen MR) is 272 cm³/mol. The van der Waals surface area contributed by atoms with Crippen molar-refractivity contribution >= 4 is 51.8 Å². The fourth-order valence-corrected chi connectivity index (χ4v) is 10.9. The number of carbonyl (C=O) groups excluding carboxylic acids is 5. The van der Waals surface area contributed by atoms with Crippen LogP contribution in [0.5, 0.6) is 0 Å². The number of hydrogen-bond donors (Lipinski definition) is 2. The summed E-state index contributed by atoms with van der Waals surface area (Å²) in [5.74, 6) is -7.71. The predicted octanol–water partition coefficient (Wildman–Crippen LogP) is 8.03. The normalized spacial score (nSPS) is 38.8. The highest BCUT2D eigenvalue weighted by atomic mass is 127. The Labute approximate surface area is 425 Å². The SMILES string of the molecule is CO[C@H]1C[C@@H]2CC[C@@H](C)[C@@](O)(O2)C(=O)C(=O)N2CCCC[C@H]2C(=O)OC(C(C)C[C@@H]2CC[C@@H](OCCCI)[C@H](OC)C2)CC(=O)[C@H](C)/C=C(\C)[C@@H](O)[C@@H](OC)C(=O)[C@H](C)C[C@H](C)/C=C/C=C/C=C/1C. The lowest BCUT2D eigenvalue weighted by Crippen LogP contribution is -2.61. The highest BCUT2D eigenvalue weighted by Crippen LogP contribution is 2.38. The van der Waals surface area contributed by atoms with E-state index in [-0.39, 0.29) is 60.9 Å². The first-order valence-corrected chi connectivity index (χ1v) is 27.0. The molecule has 0 aromatic heterocycles. The molecule has 2 bridgehead atoms. The van der Waals surface area contributed by atoms with E-state index in [9.17, 15) is 34.2 Å². The van der Waals surface area contributed by atoms with E-state index in [1.165, 1.54) is 12.0 Å². The van der Waals surface area contributed by atoms with Gasteiger partial charge in [0.15, 0.2) is 5.78 Å². The summed E-state index contributed by atoms with van der Waals surface area (Å²) >= 11 is 2.34. The van der Waals surface area contributed by atoms with Crippen molar-refractivity contribution in [3.63, 3.8) is 0 Å². The van der Waals surface area contributed by atoms with Crippen LogP contribution < -0.4 is 0 Å². The number of Topliss-reactive ketones (excluding diaryl/α,β-unsaturated/α-hetero) is 3. The van der Waals surface area contributed by atoms with Gasteiger partial charge >= 0.3 is 5.97 Å². The van der Waals surface area contributed by atoms with Gasteiger partial charge in [-0.05, 0) is 113 Å². The molecule has 3 heterocycles. The first kappa shape index (κ1) is 58.9. The summed E-state index contributed by atoms with van der Waals surface area (Å²) in [6.07, 6.45) is 13.8. The summed E-state index contributed by atoms with van der Waals surface area (Å²) in [5.41, 5.74) is 1.29. The zero-order chi connectivity index (χ0) is 51.0. The molecule has 2 N–H and O–H groups in total. The highest BCUT2D eigenvalue weighted by Gasteiger charge is 2.53. The van der Waals surface area contributed by atoms with Crippen LogP contribution in [0.1, 0.15) is 132 Å². The van der Waals surface area contributed by atoms with Crippen LogP contribution in [0.2, 0.25) is 0 Å². The quantitative estimate of drug-likeness (QED) is 0.0536. The van der Waals surface area contributed by atoms with E-state index in [0.717, 1.165) is 35.7 Å². The molecule has 14 nitrogen and oxygen atoms in total. The molecule has 1 aliphatic carbocycles. The third-order valence-corrected chi connectivity index (χ3v) is 15.8. The summed E-state index contributed by atoms with van der Waals surface area (Å²) < 4.78 is 37.1. The third kappa shape index (κ3) is 16.4. The number of nitrogens with zero attached hydrogens (tertiary/aromatic N) is 1. The van der Waals surface area contributed by atoms with Crippen LogP contribution in [-0.4, -0.2) is 138 Å². The molecule has 4 aliphatic rings. The van der Waals surface area contributed by atoms with Crippen molar-refractivity contribution in [1.82, 2.24) is 4.90 Å². The Hall–Kier alpha value is -2.64. The van der Waals surface area contributed by atoms with Crippen LogP contribution in [-0.2, 0) is 52.4 Å². The van der Waals surface area contributed by atoms with Crippen LogP contribution in [0.15, 0.2) is 47.6 Å². The number of carbonyl (C=O) groups is 5. The Morgan fingerprint density at radius 1 is 0.870 bits per heavy atom. The maximum atomic E-state index is 14.5. The number of aliphatic hydroxyl groups excluding tert-OH is 1. The van der Waals surface area contributed by atoms with E-state index in [1.54, 1.807) is 41.1 Å². The van der Waals surface area contributed by atoms with E-state index in [2.05, 4.69) is 22.6 Å². The monoisotopic (exact) mass is 1080 g/mol. The standard InChI is InChI=1S/C54H84INO13/c1-33-17-12-11-13-18-34(2)45(64-8)31-41-22-20-39(7)54(63,69-41)51(60)52(61)56-25-15-14-19-42(56)53(62)68-46(36(4)29-40-21-23-44(47(30-40)65-9)67-26-16-24-55)32-43(57)35(3)28-38(6)49(59)50(66-10)48(58)37(5)27-33/h11-13,17-18,28,33,35-37,39-42,44-47,49-50,59,63H,14-16,19-27,29-32H2,1-10H3/b13-11+,17-12+,34-18+,38-28+/t33-,35-,36?,37-,39-,40+,41+,42+,44-,45+,46?,47-,49-,50+,54-/m1/s1. The molecule has 4 rings (SSSR count). The summed E-state index contributed by atoms with van der Waals surface area (Å²) in [6, 6.07) is -1.13. The van der Waals surface area contributed by atoms with Gasteiger partial charge in [0.2, 0.25) is 5.79 Å². The van der Waals surface area contributed by atoms with E-state index >= 15 is 0 Å². The first-order valence-electron chi connectivity index (χ1n) is 25.5. The number of alkyl halides is 1. The Bertz CT molecular complexity index is 1830. The zero-order valence-corrected chi connectivity index (χ0v) is 45.2. The first-order chi connectivity index (χ1) is 32.8. The minimum atomic E-state index is -2.42. The number of piperidine rings is 1. The average molecular weight is 1080 g/mol. The van der Waals surface area contributed by atoms with Crippen molar-refractivity contribution < 1.29 is 62.6 Å². The number of rotatable bonds is 10. The number of aliphatic hydroxyl groups is 2. The number of methoxy groups -OCH3 is 3. The van der Waals surface area contributed by atoms with Crippen LogP contribution in [0.4, 0.5) is 0 Å². The van der Waals surface area contributed by atoms with Gasteiger partial charge in [-0.3, -0.25) is 19.2 Å². The number of hydrogen-bond acceptors (Lipinski definition) is 13. The van der Waals surface area contributed by atoms with Gasteiger partial charge in [-0.15, -0.1) is 0 Å². The van der Waals surface area contributed by atoms with Gasteiger partial charge in [0, 0.05) is 69.5 Å². The number of halogens is 1. The molecule has 0 radical (unpaired) electrons. The fraction of sp³-hybridized carbons (Fsp3) is 0.759. The van der Waals surface area contributed by atoms with Crippen LogP contribution in [0.25, 0.3) is 0 Å². The lowest BCUT2D eigenvalue weighted by Gasteiger charge is -2.42. The van der Waals surface area contributed by atoms with Gasteiger partial charge in [-0.2, -0.15) is 0 Å². The van der Waals surface area contributed by atoms with Crippen LogP contribution in [0, 0.1) is 35.5 Å². The Morgan fingerprint density at radius 3 is 2.29 bits per heavy atom. The molecule has 0 spiro atoms.